The summed E-state index contributed by atoms with van der Waals surface area (Å²) < 4.78 is 5.38. The van der Waals surface area contributed by atoms with Crippen LogP contribution in [-0.4, -0.2) is 40.4 Å². The zero-order valence-electron chi connectivity index (χ0n) is 17.2. The SMILES string of the molecule is CC(C)(C)c1ncc(C(=O)N2CCC(CN)CC2)c(NCc2ccco2)n1.Cl.Cl. The smallest absolute Gasteiger partial charge is 0.259 e. The lowest BCUT2D eigenvalue weighted by Gasteiger charge is -2.31. The van der Waals surface area contributed by atoms with Crippen molar-refractivity contribution in [2.45, 2.75) is 45.6 Å². The first kappa shape index (κ1) is 25.2. The minimum Gasteiger partial charge on any atom is -0.467 e. The van der Waals surface area contributed by atoms with Crippen molar-refractivity contribution < 1.29 is 9.21 Å². The highest BCUT2D eigenvalue weighted by Crippen LogP contribution is 2.24. The van der Waals surface area contributed by atoms with Crippen molar-refractivity contribution in [2.75, 3.05) is 25.0 Å². The lowest BCUT2D eigenvalue weighted by Crippen LogP contribution is -2.40. The van der Waals surface area contributed by atoms with E-state index in [9.17, 15) is 4.79 Å². The maximum Gasteiger partial charge on any atom is 0.259 e. The van der Waals surface area contributed by atoms with Gasteiger partial charge < -0.3 is 20.4 Å². The van der Waals surface area contributed by atoms with Gasteiger partial charge in [0.2, 0.25) is 0 Å². The van der Waals surface area contributed by atoms with Crippen LogP contribution in [0.5, 0.6) is 0 Å². The summed E-state index contributed by atoms with van der Waals surface area (Å²) in [6.45, 7) is 8.75. The first-order valence-corrected chi connectivity index (χ1v) is 9.51. The van der Waals surface area contributed by atoms with Crippen LogP contribution in [0.2, 0.25) is 0 Å². The van der Waals surface area contributed by atoms with E-state index in [1.807, 2.05) is 17.0 Å². The molecule has 1 aliphatic heterocycles. The molecule has 1 saturated heterocycles. The fraction of sp³-hybridized carbons (Fsp3) is 0.550. The summed E-state index contributed by atoms with van der Waals surface area (Å²) in [5.74, 6) is 2.51. The van der Waals surface area contributed by atoms with E-state index in [-0.39, 0.29) is 36.1 Å². The fourth-order valence-electron chi connectivity index (χ4n) is 3.16. The number of likely N-dealkylation sites (tertiary alicyclic amines) is 1. The highest BCUT2D eigenvalue weighted by Gasteiger charge is 2.27. The molecule has 3 N–H and O–H groups in total. The van der Waals surface area contributed by atoms with Gasteiger partial charge in [-0.3, -0.25) is 4.79 Å². The van der Waals surface area contributed by atoms with Crippen LogP contribution in [0.3, 0.4) is 0 Å². The molecule has 0 atom stereocenters. The van der Waals surface area contributed by atoms with Crippen LogP contribution in [0.4, 0.5) is 5.82 Å². The monoisotopic (exact) mass is 443 g/mol. The minimum absolute atomic E-state index is 0. The number of halogens is 2. The fourth-order valence-corrected chi connectivity index (χ4v) is 3.16. The van der Waals surface area contributed by atoms with E-state index in [1.54, 1.807) is 12.5 Å². The number of carbonyl (C=O) groups excluding carboxylic acids is 1. The molecule has 2 aromatic rings. The second kappa shape index (κ2) is 10.8. The highest BCUT2D eigenvalue weighted by molar-refractivity contribution is 5.98. The molecule has 1 aliphatic rings. The number of hydrogen-bond donors (Lipinski definition) is 2. The highest BCUT2D eigenvalue weighted by atomic mass is 35.5. The van der Waals surface area contributed by atoms with E-state index in [4.69, 9.17) is 10.2 Å². The second-order valence-electron chi connectivity index (χ2n) is 8.11. The number of anilines is 1. The molecule has 0 radical (unpaired) electrons. The molecule has 1 fully saturated rings. The molecule has 0 aliphatic carbocycles. The Hall–Kier alpha value is -1.83. The van der Waals surface area contributed by atoms with Crippen molar-refractivity contribution in [1.82, 2.24) is 14.9 Å². The van der Waals surface area contributed by atoms with Crippen molar-refractivity contribution in [3.05, 3.63) is 41.7 Å². The summed E-state index contributed by atoms with van der Waals surface area (Å²) in [4.78, 5) is 24.1. The van der Waals surface area contributed by atoms with Gasteiger partial charge >= 0.3 is 0 Å². The number of aromatic nitrogens is 2. The summed E-state index contributed by atoms with van der Waals surface area (Å²) in [5.41, 5.74) is 6.06. The molecule has 2 aromatic heterocycles. The Morgan fingerprint density at radius 1 is 1.31 bits per heavy atom. The molecule has 0 bridgehead atoms. The molecule has 0 spiro atoms. The van der Waals surface area contributed by atoms with Crippen LogP contribution in [-0.2, 0) is 12.0 Å². The normalized spacial score (nSPS) is 14.7. The molecular weight excluding hydrogens is 413 g/mol. The number of rotatable bonds is 5. The summed E-state index contributed by atoms with van der Waals surface area (Å²) >= 11 is 0. The molecule has 3 rings (SSSR count). The third-order valence-corrected chi connectivity index (χ3v) is 4.94. The van der Waals surface area contributed by atoms with Crippen molar-refractivity contribution in [2.24, 2.45) is 11.7 Å². The number of furan rings is 1. The summed E-state index contributed by atoms with van der Waals surface area (Å²) in [7, 11) is 0. The predicted molar refractivity (Wildman–Crippen MR) is 119 cm³/mol. The van der Waals surface area contributed by atoms with Crippen LogP contribution in [0, 0.1) is 5.92 Å². The van der Waals surface area contributed by atoms with Gasteiger partial charge in [0.1, 0.15) is 23.0 Å². The van der Waals surface area contributed by atoms with Gasteiger partial charge in [-0.05, 0) is 37.4 Å². The summed E-state index contributed by atoms with van der Waals surface area (Å²) in [6.07, 6.45) is 5.16. The molecule has 0 unspecified atom stereocenters. The Labute approximate surface area is 184 Å². The maximum atomic E-state index is 13.1. The molecule has 0 aromatic carbocycles. The summed E-state index contributed by atoms with van der Waals surface area (Å²) in [5, 5.41) is 3.26. The van der Waals surface area contributed by atoms with Gasteiger partial charge in [0.05, 0.1) is 12.8 Å². The Kier molecular flexibility index (Phi) is 9.39. The number of nitrogens with one attached hydrogen (secondary N) is 1. The molecule has 162 valence electrons. The lowest BCUT2D eigenvalue weighted by atomic mass is 9.95. The Bertz CT molecular complexity index is 770. The zero-order valence-corrected chi connectivity index (χ0v) is 18.8. The van der Waals surface area contributed by atoms with Gasteiger partial charge in [-0.1, -0.05) is 20.8 Å². The van der Waals surface area contributed by atoms with Crippen molar-refractivity contribution in [3.8, 4) is 0 Å². The van der Waals surface area contributed by atoms with Gasteiger partial charge in [0, 0.05) is 24.7 Å². The van der Waals surface area contributed by atoms with Gasteiger partial charge in [0.25, 0.3) is 5.91 Å². The zero-order chi connectivity index (χ0) is 19.4. The third-order valence-electron chi connectivity index (χ3n) is 4.94. The molecular formula is C20H31Cl2N5O2. The first-order chi connectivity index (χ1) is 12.9. The van der Waals surface area contributed by atoms with E-state index in [1.165, 1.54) is 0 Å². The largest absolute Gasteiger partial charge is 0.467 e. The molecule has 29 heavy (non-hydrogen) atoms. The molecule has 1 amide bonds. The quantitative estimate of drug-likeness (QED) is 0.731. The number of nitrogens with zero attached hydrogens (tertiary/aromatic N) is 3. The molecule has 7 nitrogen and oxygen atoms in total. The summed E-state index contributed by atoms with van der Waals surface area (Å²) in [6, 6.07) is 3.73. The standard InChI is InChI=1S/C20H29N5O2.2ClH/c1-20(2,3)19-23-13-16(17(24-19)22-12-15-5-4-10-27-15)18(26)25-8-6-14(11-21)7-9-25;;/h4-5,10,13-14H,6-9,11-12,21H2,1-3H3,(H,22,23,24);2*1H. The van der Waals surface area contributed by atoms with Crippen LogP contribution in [0.1, 0.15) is 55.6 Å². The second-order valence-corrected chi connectivity index (χ2v) is 8.11. The number of hydrogen-bond acceptors (Lipinski definition) is 6. The average Bonchev–Trinajstić information content (AvgIpc) is 3.18. The van der Waals surface area contributed by atoms with Crippen LogP contribution in [0.25, 0.3) is 0 Å². The van der Waals surface area contributed by atoms with E-state index >= 15 is 0 Å². The Balaban J connectivity index is 0.00000210. The van der Waals surface area contributed by atoms with E-state index < -0.39 is 0 Å². The van der Waals surface area contributed by atoms with Crippen molar-refractivity contribution >= 4 is 36.5 Å². The van der Waals surface area contributed by atoms with Crippen LogP contribution in [0.15, 0.2) is 29.0 Å². The Morgan fingerprint density at radius 3 is 2.55 bits per heavy atom. The van der Waals surface area contributed by atoms with Gasteiger partial charge in [-0.25, -0.2) is 9.97 Å². The predicted octanol–water partition coefficient (Wildman–Crippen LogP) is 3.63. The maximum absolute atomic E-state index is 13.1. The molecule has 3 heterocycles. The van der Waals surface area contributed by atoms with E-state index in [0.29, 0.717) is 36.2 Å². The number of carbonyl (C=O) groups is 1. The lowest BCUT2D eigenvalue weighted by molar-refractivity contribution is 0.0693. The molecule has 9 heteroatoms. The van der Waals surface area contributed by atoms with Crippen LogP contribution >= 0.6 is 24.8 Å². The van der Waals surface area contributed by atoms with Gasteiger partial charge in [0.15, 0.2) is 0 Å². The molecule has 0 saturated carbocycles. The Morgan fingerprint density at radius 2 is 2.00 bits per heavy atom. The van der Waals surface area contributed by atoms with Gasteiger partial charge in [-0.2, -0.15) is 0 Å². The van der Waals surface area contributed by atoms with Crippen molar-refractivity contribution in [1.29, 1.82) is 0 Å². The first-order valence-electron chi connectivity index (χ1n) is 9.51. The number of amides is 1. The van der Waals surface area contributed by atoms with E-state index in [0.717, 1.165) is 31.7 Å². The minimum atomic E-state index is -0.206. The third kappa shape index (κ3) is 6.32. The van der Waals surface area contributed by atoms with Crippen molar-refractivity contribution in [3.63, 3.8) is 0 Å². The van der Waals surface area contributed by atoms with Gasteiger partial charge in [-0.15, -0.1) is 24.8 Å². The van der Waals surface area contributed by atoms with Crippen LogP contribution < -0.4 is 11.1 Å². The number of nitrogens with two attached hydrogens (primary N) is 1. The van der Waals surface area contributed by atoms with E-state index in [2.05, 4.69) is 36.1 Å². The topological polar surface area (TPSA) is 97.3 Å². The average molecular weight is 444 g/mol. The number of piperidine rings is 1.